The molecule has 0 bridgehead atoms. The second kappa shape index (κ2) is 8.22. The normalized spacial score (nSPS) is 11.1. The number of hydrogen-bond donors (Lipinski definition) is 2. The Hall–Kier alpha value is -2.54. The summed E-state index contributed by atoms with van der Waals surface area (Å²) in [6.07, 6.45) is 0. The van der Waals surface area contributed by atoms with Crippen LogP contribution in [0.15, 0.2) is 71.6 Å². The zero-order valence-electron chi connectivity index (χ0n) is 14.7. The number of amides is 1. The summed E-state index contributed by atoms with van der Waals surface area (Å²) in [6, 6.07) is 17.7. The Balaban J connectivity index is 1.88. The van der Waals surface area contributed by atoms with E-state index < -0.39 is 15.9 Å². The molecular formula is C20H16Cl2N2O3S. The molecule has 1 amide bonds. The topological polar surface area (TPSA) is 75.3 Å². The molecule has 0 radical (unpaired) electrons. The number of anilines is 2. The van der Waals surface area contributed by atoms with Gasteiger partial charge in [0.2, 0.25) is 0 Å². The summed E-state index contributed by atoms with van der Waals surface area (Å²) in [5, 5.41) is 3.35. The van der Waals surface area contributed by atoms with Crippen molar-refractivity contribution in [3.05, 3.63) is 87.9 Å². The van der Waals surface area contributed by atoms with Gasteiger partial charge in [-0.2, -0.15) is 0 Å². The fraction of sp³-hybridized carbons (Fsp3) is 0.0500. The van der Waals surface area contributed by atoms with Gasteiger partial charge in [0.25, 0.3) is 15.9 Å². The Morgan fingerprint density at radius 3 is 2.25 bits per heavy atom. The number of halogens is 2. The third kappa shape index (κ3) is 4.65. The molecular weight excluding hydrogens is 419 g/mol. The predicted octanol–water partition coefficient (Wildman–Crippen LogP) is 5.35. The molecule has 8 heteroatoms. The number of hydrogen-bond acceptors (Lipinski definition) is 3. The largest absolute Gasteiger partial charge is 0.322 e. The molecule has 3 aromatic carbocycles. The highest BCUT2D eigenvalue weighted by molar-refractivity contribution is 7.92. The van der Waals surface area contributed by atoms with Crippen LogP contribution in [0.4, 0.5) is 11.4 Å². The zero-order valence-corrected chi connectivity index (χ0v) is 17.1. The summed E-state index contributed by atoms with van der Waals surface area (Å²) in [7, 11) is -3.85. The van der Waals surface area contributed by atoms with Gasteiger partial charge in [-0.1, -0.05) is 47.5 Å². The fourth-order valence-electron chi connectivity index (χ4n) is 2.52. The van der Waals surface area contributed by atoms with Gasteiger partial charge < -0.3 is 5.32 Å². The van der Waals surface area contributed by atoms with Crippen molar-refractivity contribution in [3.63, 3.8) is 0 Å². The van der Waals surface area contributed by atoms with Gasteiger partial charge in [0.15, 0.2) is 0 Å². The zero-order chi connectivity index (χ0) is 20.3. The van der Waals surface area contributed by atoms with Crippen LogP contribution in [0.25, 0.3) is 0 Å². The van der Waals surface area contributed by atoms with E-state index >= 15 is 0 Å². The minimum absolute atomic E-state index is 0.0261. The number of aryl methyl sites for hydroxylation is 1. The summed E-state index contributed by atoms with van der Waals surface area (Å²) in [5.41, 5.74) is 1.61. The molecule has 3 aromatic rings. The third-order valence-electron chi connectivity index (χ3n) is 3.94. The standard InChI is InChI=1S/C20H16Cl2N2O3S/c1-13-7-8-14(20(25)23-16-9-10-17(21)18(22)12-16)11-19(13)28(26,27)24-15-5-3-2-4-6-15/h2-12,24H,1H3,(H,23,25). The van der Waals surface area contributed by atoms with Crippen LogP contribution in [0.5, 0.6) is 0 Å². The maximum absolute atomic E-state index is 12.8. The first kappa shape index (κ1) is 20.2. The molecule has 0 saturated heterocycles. The predicted molar refractivity (Wildman–Crippen MR) is 113 cm³/mol. The van der Waals surface area contributed by atoms with Gasteiger partial charge in [-0.15, -0.1) is 0 Å². The number of sulfonamides is 1. The number of para-hydroxylation sites is 1. The van der Waals surface area contributed by atoms with Crippen LogP contribution in [0, 0.1) is 6.92 Å². The van der Waals surface area contributed by atoms with Crippen LogP contribution in [-0.4, -0.2) is 14.3 Å². The van der Waals surface area contributed by atoms with Crippen molar-refractivity contribution in [3.8, 4) is 0 Å². The molecule has 0 fully saturated rings. The van der Waals surface area contributed by atoms with Crippen LogP contribution in [0.2, 0.25) is 10.0 Å². The smallest absolute Gasteiger partial charge is 0.262 e. The molecule has 0 aliphatic carbocycles. The van der Waals surface area contributed by atoms with E-state index in [1.54, 1.807) is 61.5 Å². The average molecular weight is 435 g/mol. The first-order valence-electron chi connectivity index (χ1n) is 8.21. The van der Waals surface area contributed by atoms with Crippen molar-refractivity contribution in [2.45, 2.75) is 11.8 Å². The molecule has 0 unspecified atom stereocenters. The molecule has 28 heavy (non-hydrogen) atoms. The molecule has 0 spiro atoms. The van der Waals surface area contributed by atoms with Gasteiger partial charge in [-0.25, -0.2) is 8.42 Å². The number of benzene rings is 3. The molecule has 5 nitrogen and oxygen atoms in total. The van der Waals surface area contributed by atoms with Crippen molar-refractivity contribution in [1.29, 1.82) is 0 Å². The van der Waals surface area contributed by atoms with Crippen LogP contribution in [0.3, 0.4) is 0 Å². The number of carbonyl (C=O) groups is 1. The molecule has 0 aliphatic rings. The van der Waals surface area contributed by atoms with E-state index in [0.29, 0.717) is 27.0 Å². The van der Waals surface area contributed by atoms with Gasteiger partial charge in [-0.3, -0.25) is 9.52 Å². The lowest BCUT2D eigenvalue weighted by Crippen LogP contribution is -2.17. The van der Waals surface area contributed by atoms with Gasteiger partial charge in [0, 0.05) is 16.9 Å². The maximum atomic E-state index is 12.8. The van der Waals surface area contributed by atoms with E-state index in [2.05, 4.69) is 10.0 Å². The summed E-state index contributed by atoms with van der Waals surface area (Å²) in [6.45, 7) is 1.67. The third-order valence-corrected chi connectivity index (χ3v) is 6.21. The number of rotatable bonds is 5. The lowest BCUT2D eigenvalue weighted by atomic mass is 10.1. The highest BCUT2D eigenvalue weighted by Gasteiger charge is 2.19. The van der Waals surface area contributed by atoms with Crippen LogP contribution >= 0.6 is 23.2 Å². The molecule has 0 heterocycles. The molecule has 144 valence electrons. The Labute approximate surface area is 173 Å². The van der Waals surface area contributed by atoms with Crippen LogP contribution < -0.4 is 10.0 Å². The quantitative estimate of drug-likeness (QED) is 0.567. The second-order valence-electron chi connectivity index (χ2n) is 6.03. The Morgan fingerprint density at radius 2 is 1.57 bits per heavy atom. The van der Waals surface area contributed by atoms with Gasteiger partial charge >= 0.3 is 0 Å². The summed E-state index contributed by atoms with van der Waals surface area (Å²) >= 11 is 11.8. The summed E-state index contributed by atoms with van der Waals surface area (Å²) in [5.74, 6) is -0.463. The maximum Gasteiger partial charge on any atom is 0.262 e. The minimum Gasteiger partial charge on any atom is -0.322 e. The van der Waals surface area contributed by atoms with E-state index in [9.17, 15) is 13.2 Å². The van der Waals surface area contributed by atoms with Crippen molar-refractivity contribution in [2.75, 3.05) is 10.0 Å². The first-order valence-corrected chi connectivity index (χ1v) is 10.4. The van der Waals surface area contributed by atoms with Gasteiger partial charge in [0.1, 0.15) is 0 Å². The van der Waals surface area contributed by atoms with E-state index in [1.165, 1.54) is 12.1 Å². The van der Waals surface area contributed by atoms with Crippen LogP contribution in [0.1, 0.15) is 15.9 Å². The molecule has 0 saturated carbocycles. The van der Waals surface area contributed by atoms with E-state index in [1.807, 2.05) is 0 Å². The SMILES string of the molecule is Cc1ccc(C(=O)Nc2ccc(Cl)c(Cl)c2)cc1S(=O)(=O)Nc1ccccc1. The fourth-order valence-corrected chi connectivity index (χ4v) is 4.15. The van der Waals surface area contributed by atoms with Gasteiger partial charge in [0.05, 0.1) is 14.9 Å². The van der Waals surface area contributed by atoms with Gasteiger partial charge in [-0.05, 0) is 55.0 Å². The van der Waals surface area contributed by atoms with Crippen molar-refractivity contribution in [2.24, 2.45) is 0 Å². The molecule has 3 rings (SSSR count). The Kier molecular flexibility index (Phi) is 5.93. The Bertz CT molecular complexity index is 1130. The first-order chi connectivity index (χ1) is 13.3. The molecule has 0 aliphatic heterocycles. The number of nitrogens with one attached hydrogen (secondary N) is 2. The van der Waals surface area contributed by atoms with E-state index in [4.69, 9.17) is 23.2 Å². The molecule has 0 aromatic heterocycles. The lowest BCUT2D eigenvalue weighted by molar-refractivity contribution is 0.102. The number of carbonyl (C=O) groups excluding carboxylic acids is 1. The van der Waals surface area contributed by atoms with Crippen molar-refractivity contribution < 1.29 is 13.2 Å². The minimum atomic E-state index is -3.85. The Morgan fingerprint density at radius 1 is 0.857 bits per heavy atom. The van der Waals surface area contributed by atoms with Crippen molar-refractivity contribution >= 4 is 50.5 Å². The average Bonchev–Trinajstić information content (AvgIpc) is 2.65. The molecule has 0 atom stereocenters. The summed E-state index contributed by atoms with van der Waals surface area (Å²) in [4.78, 5) is 12.6. The second-order valence-corrected chi connectivity index (χ2v) is 8.50. The highest BCUT2D eigenvalue weighted by Crippen LogP contribution is 2.26. The van der Waals surface area contributed by atoms with Crippen molar-refractivity contribution in [1.82, 2.24) is 0 Å². The molecule has 2 N–H and O–H groups in total. The van der Waals surface area contributed by atoms with E-state index in [-0.39, 0.29) is 10.5 Å². The van der Waals surface area contributed by atoms with Crippen LogP contribution in [-0.2, 0) is 10.0 Å². The highest BCUT2D eigenvalue weighted by atomic mass is 35.5. The monoisotopic (exact) mass is 434 g/mol. The summed E-state index contributed by atoms with van der Waals surface area (Å²) < 4.78 is 28.0. The lowest BCUT2D eigenvalue weighted by Gasteiger charge is -2.12. The van der Waals surface area contributed by atoms with E-state index in [0.717, 1.165) is 0 Å².